The summed E-state index contributed by atoms with van der Waals surface area (Å²) in [5.74, 6) is 0.0155. The van der Waals surface area contributed by atoms with Gasteiger partial charge in [0.05, 0.1) is 4.88 Å². The predicted molar refractivity (Wildman–Crippen MR) is 74.9 cm³/mol. The lowest BCUT2D eigenvalue weighted by atomic mass is 10.2. The highest BCUT2D eigenvalue weighted by Gasteiger charge is 2.25. The second-order valence-corrected chi connectivity index (χ2v) is 5.23. The zero-order valence-electron chi connectivity index (χ0n) is 10.4. The fourth-order valence-corrected chi connectivity index (χ4v) is 2.87. The summed E-state index contributed by atoms with van der Waals surface area (Å²) in [6.07, 6.45) is 0.993. The highest BCUT2D eigenvalue weighted by molar-refractivity contribution is 7.12. The number of likely N-dealkylation sites (N-methyl/N-ethyl adjacent to an activating group) is 1. The van der Waals surface area contributed by atoms with E-state index in [0.717, 1.165) is 19.5 Å². The van der Waals surface area contributed by atoms with Gasteiger partial charge < -0.3 is 10.2 Å². The Labute approximate surface area is 117 Å². The van der Waals surface area contributed by atoms with Crippen molar-refractivity contribution >= 4 is 35.4 Å². The van der Waals surface area contributed by atoms with Crippen molar-refractivity contribution in [2.24, 2.45) is 0 Å². The summed E-state index contributed by atoms with van der Waals surface area (Å²) in [4.78, 5) is 25.8. The molecule has 0 radical (unpaired) electrons. The zero-order valence-corrected chi connectivity index (χ0v) is 12.1. The van der Waals surface area contributed by atoms with E-state index >= 15 is 0 Å². The molecule has 2 heterocycles. The molecule has 1 amide bonds. The SMILES string of the molecule is CC(=O)c1csc(C(=O)N(C)C2CCNC2)c1.Cl. The minimum absolute atomic E-state index is 0. The summed E-state index contributed by atoms with van der Waals surface area (Å²) in [6, 6.07) is 1.96. The molecule has 1 saturated heterocycles. The Kier molecular flexibility index (Phi) is 5.31. The van der Waals surface area contributed by atoms with Gasteiger partial charge in [-0.3, -0.25) is 9.59 Å². The number of hydrogen-bond acceptors (Lipinski definition) is 4. The Balaban J connectivity index is 0.00000162. The lowest BCUT2D eigenvalue weighted by Gasteiger charge is -2.22. The first-order valence-corrected chi connectivity index (χ1v) is 6.55. The molecule has 4 nitrogen and oxygen atoms in total. The Hall–Kier alpha value is -0.910. The van der Waals surface area contributed by atoms with Gasteiger partial charge in [0, 0.05) is 30.6 Å². The molecule has 1 aromatic heterocycles. The third kappa shape index (κ3) is 3.10. The van der Waals surface area contributed by atoms with Crippen LogP contribution in [0.5, 0.6) is 0 Å². The number of thiophene rings is 1. The first-order chi connectivity index (χ1) is 8.09. The normalized spacial score (nSPS) is 18.2. The van der Waals surface area contributed by atoms with E-state index in [9.17, 15) is 9.59 Å². The van der Waals surface area contributed by atoms with E-state index in [1.165, 1.54) is 18.3 Å². The van der Waals surface area contributed by atoms with Crippen molar-refractivity contribution in [1.29, 1.82) is 0 Å². The number of amides is 1. The number of Topliss-reactive ketones (excluding diaryl/α,β-unsaturated/α-hetero) is 1. The number of rotatable bonds is 3. The molecule has 1 aliphatic rings. The molecular formula is C12H17ClN2O2S. The van der Waals surface area contributed by atoms with Gasteiger partial charge >= 0.3 is 0 Å². The van der Waals surface area contributed by atoms with E-state index in [0.29, 0.717) is 10.4 Å². The average Bonchev–Trinajstić information content (AvgIpc) is 2.97. The second-order valence-electron chi connectivity index (χ2n) is 4.32. The number of halogens is 1. The lowest BCUT2D eigenvalue weighted by molar-refractivity contribution is 0.0748. The monoisotopic (exact) mass is 288 g/mol. The quantitative estimate of drug-likeness (QED) is 0.863. The maximum Gasteiger partial charge on any atom is 0.263 e. The van der Waals surface area contributed by atoms with Gasteiger partial charge in [0.25, 0.3) is 5.91 Å². The molecular weight excluding hydrogens is 272 g/mol. The maximum atomic E-state index is 12.2. The van der Waals surface area contributed by atoms with Crippen molar-refractivity contribution in [2.45, 2.75) is 19.4 Å². The fraction of sp³-hybridized carbons (Fsp3) is 0.500. The molecule has 0 saturated carbocycles. The van der Waals surface area contributed by atoms with E-state index in [-0.39, 0.29) is 30.1 Å². The number of nitrogens with one attached hydrogen (secondary N) is 1. The molecule has 0 spiro atoms. The van der Waals surface area contributed by atoms with Gasteiger partial charge in [0.15, 0.2) is 5.78 Å². The first-order valence-electron chi connectivity index (χ1n) is 5.67. The van der Waals surface area contributed by atoms with Crippen LogP contribution in [0.25, 0.3) is 0 Å². The average molecular weight is 289 g/mol. The van der Waals surface area contributed by atoms with Crippen LogP contribution in [0.1, 0.15) is 33.4 Å². The molecule has 100 valence electrons. The van der Waals surface area contributed by atoms with Gasteiger partial charge in [-0.25, -0.2) is 0 Å². The Morgan fingerprint density at radius 2 is 2.22 bits per heavy atom. The van der Waals surface area contributed by atoms with Crippen LogP contribution in [0.15, 0.2) is 11.4 Å². The zero-order chi connectivity index (χ0) is 12.4. The van der Waals surface area contributed by atoms with Crippen molar-refractivity contribution in [1.82, 2.24) is 10.2 Å². The third-order valence-corrected chi connectivity index (χ3v) is 4.04. The number of hydrogen-bond donors (Lipinski definition) is 1. The minimum Gasteiger partial charge on any atom is -0.337 e. The van der Waals surface area contributed by atoms with Gasteiger partial charge in [0.2, 0.25) is 0 Å². The standard InChI is InChI=1S/C12H16N2O2S.ClH/c1-8(15)9-5-11(17-7-9)12(16)14(2)10-3-4-13-6-10;/h5,7,10,13H,3-4,6H2,1-2H3;1H. The summed E-state index contributed by atoms with van der Waals surface area (Å²) < 4.78 is 0. The first kappa shape index (κ1) is 15.1. The summed E-state index contributed by atoms with van der Waals surface area (Å²) in [6.45, 7) is 3.33. The second kappa shape index (κ2) is 6.31. The van der Waals surface area contributed by atoms with E-state index in [1.807, 2.05) is 7.05 Å². The molecule has 1 unspecified atom stereocenters. The van der Waals surface area contributed by atoms with E-state index in [4.69, 9.17) is 0 Å². The van der Waals surface area contributed by atoms with Crippen LogP contribution in [-0.4, -0.2) is 42.8 Å². The molecule has 2 rings (SSSR count). The fourth-order valence-electron chi connectivity index (χ4n) is 1.94. The molecule has 0 aliphatic carbocycles. The number of nitrogens with zero attached hydrogens (tertiary/aromatic N) is 1. The molecule has 0 aromatic carbocycles. The van der Waals surface area contributed by atoms with Crippen molar-refractivity contribution < 1.29 is 9.59 Å². The molecule has 1 aliphatic heterocycles. The lowest BCUT2D eigenvalue weighted by Crippen LogP contribution is -2.37. The summed E-state index contributed by atoms with van der Waals surface area (Å²) >= 11 is 1.34. The highest BCUT2D eigenvalue weighted by Crippen LogP contribution is 2.19. The third-order valence-electron chi connectivity index (χ3n) is 3.12. The van der Waals surface area contributed by atoms with E-state index < -0.39 is 0 Å². The van der Waals surface area contributed by atoms with Gasteiger partial charge in [-0.1, -0.05) is 0 Å². The summed E-state index contributed by atoms with van der Waals surface area (Å²) in [5, 5.41) is 4.98. The number of ketones is 1. The molecule has 1 atom stereocenters. The molecule has 1 N–H and O–H groups in total. The van der Waals surface area contributed by atoms with Crippen LogP contribution >= 0.6 is 23.7 Å². The van der Waals surface area contributed by atoms with Crippen LogP contribution in [0.3, 0.4) is 0 Å². The Morgan fingerprint density at radius 1 is 1.50 bits per heavy atom. The Morgan fingerprint density at radius 3 is 2.72 bits per heavy atom. The minimum atomic E-state index is 0. The highest BCUT2D eigenvalue weighted by atomic mass is 35.5. The maximum absolute atomic E-state index is 12.2. The van der Waals surface area contributed by atoms with Gasteiger partial charge in [-0.15, -0.1) is 23.7 Å². The topological polar surface area (TPSA) is 49.4 Å². The van der Waals surface area contributed by atoms with Crippen LogP contribution < -0.4 is 5.32 Å². The van der Waals surface area contributed by atoms with Crippen molar-refractivity contribution in [3.63, 3.8) is 0 Å². The van der Waals surface area contributed by atoms with Crippen molar-refractivity contribution in [3.05, 3.63) is 21.9 Å². The van der Waals surface area contributed by atoms with Gasteiger partial charge in [0.1, 0.15) is 0 Å². The summed E-state index contributed by atoms with van der Waals surface area (Å²) in [5.41, 5.74) is 0.622. The van der Waals surface area contributed by atoms with Crippen LogP contribution in [0, 0.1) is 0 Å². The summed E-state index contributed by atoms with van der Waals surface area (Å²) in [7, 11) is 1.83. The Bertz CT molecular complexity index is 441. The molecule has 18 heavy (non-hydrogen) atoms. The van der Waals surface area contributed by atoms with Crippen molar-refractivity contribution in [2.75, 3.05) is 20.1 Å². The van der Waals surface area contributed by atoms with E-state index in [1.54, 1.807) is 16.3 Å². The van der Waals surface area contributed by atoms with Crippen LogP contribution in [0.4, 0.5) is 0 Å². The van der Waals surface area contributed by atoms with E-state index in [2.05, 4.69) is 5.32 Å². The number of carbonyl (C=O) groups is 2. The predicted octanol–water partition coefficient (Wildman–Crippen LogP) is 1.81. The molecule has 1 fully saturated rings. The molecule has 0 bridgehead atoms. The van der Waals surface area contributed by atoms with Gasteiger partial charge in [-0.05, 0) is 26.0 Å². The smallest absolute Gasteiger partial charge is 0.263 e. The van der Waals surface area contributed by atoms with Gasteiger partial charge in [-0.2, -0.15) is 0 Å². The molecule has 6 heteroatoms. The molecule has 1 aromatic rings. The number of carbonyl (C=O) groups excluding carboxylic acids is 2. The van der Waals surface area contributed by atoms with Crippen molar-refractivity contribution in [3.8, 4) is 0 Å². The largest absolute Gasteiger partial charge is 0.337 e. The van der Waals surface area contributed by atoms with Crippen LogP contribution in [0.2, 0.25) is 0 Å². The van der Waals surface area contributed by atoms with Crippen LogP contribution in [-0.2, 0) is 0 Å².